The molecule has 0 atom stereocenters. The van der Waals surface area contributed by atoms with Crippen molar-refractivity contribution in [1.29, 1.82) is 0 Å². The standard InChI is InChI=1S/C24H31N5O3S/c1-17-6-8-20(14-18(17)2)33(31,32)29-12-10-28(11-13-29)16-23-25-21-15-19(24(30)26(3)4)7-9-22(21)27(23)5/h6-9,14-15H,10-13,16H2,1-5H3. The van der Waals surface area contributed by atoms with Crippen LogP contribution in [0.1, 0.15) is 27.3 Å². The summed E-state index contributed by atoms with van der Waals surface area (Å²) in [5, 5.41) is 0. The summed E-state index contributed by atoms with van der Waals surface area (Å²) >= 11 is 0. The molecule has 33 heavy (non-hydrogen) atoms. The van der Waals surface area contributed by atoms with Gasteiger partial charge in [-0.2, -0.15) is 4.31 Å². The first-order valence-corrected chi connectivity index (χ1v) is 12.5. The third-order valence-electron chi connectivity index (χ3n) is 6.44. The van der Waals surface area contributed by atoms with E-state index in [9.17, 15) is 13.2 Å². The van der Waals surface area contributed by atoms with Crippen LogP contribution < -0.4 is 0 Å². The average molecular weight is 470 g/mol. The van der Waals surface area contributed by atoms with Gasteiger partial charge in [0, 0.05) is 52.9 Å². The number of aromatic nitrogens is 2. The van der Waals surface area contributed by atoms with Gasteiger partial charge >= 0.3 is 0 Å². The van der Waals surface area contributed by atoms with Crippen molar-refractivity contribution in [2.45, 2.75) is 25.3 Å². The maximum absolute atomic E-state index is 13.1. The van der Waals surface area contributed by atoms with Gasteiger partial charge in [-0.3, -0.25) is 9.69 Å². The Morgan fingerprint density at radius 3 is 2.33 bits per heavy atom. The lowest BCUT2D eigenvalue weighted by molar-refractivity contribution is 0.0827. The Bertz CT molecular complexity index is 1310. The summed E-state index contributed by atoms with van der Waals surface area (Å²) in [6.45, 7) is 6.70. The van der Waals surface area contributed by atoms with Crippen molar-refractivity contribution in [3.8, 4) is 0 Å². The second-order valence-corrected chi connectivity index (χ2v) is 10.9. The highest BCUT2D eigenvalue weighted by molar-refractivity contribution is 7.89. The Morgan fingerprint density at radius 1 is 1.00 bits per heavy atom. The fourth-order valence-corrected chi connectivity index (χ4v) is 5.64. The SMILES string of the molecule is Cc1ccc(S(=O)(=O)N2CCN(Cc3nc4cc(C(=O)N(C)C)ccc4n3C)CC2)cc1C. The van der Waals surface area contributed by atoms with Crippen LogP contribution in [0.3, 0.4) is 0 Å². The third-order valence-corrected chi connectivity index (χ3v) is 8.33. The van der Waals surface area contributed by atoms with Gasteiger partial charge < -0.3 is 9.47 Å². The predicted molar refractivity (Wildman–Crippen MR) is 129 cm³/mol. The van der Waals surface area contributed by atoms with Crippen LogP contribution in [0.25, 0.3) is 11.0 Å². The number of fused-ring (bicyclic) bond motifs is 1. The van der Waals surface area contributed by atoms with Crippen LogP contribution in [0.15, 0.2) is 41.3 Å². The largest absolute Gasteiger partial charge is 0.345 e. The molecule has 2 aromatic carbocycles. The summed E-state index contributed by atoms with van der Waals surface area (Å²) in [5.74, 6) is 0.843. The van der Waals surface area contributed by atoms with Crippen molar-refractivity contribution in [3.63, 3.8) is 0 Å². The molecule has 1 aromatic heterocycles. The highest BCUT2D eigenvalue weighted by Gasteiger charge is 2.29. The van der Waals surface area contributed by atoms with Gasteiger partial charge in [0.2, 0.25) is 10.0 Å². The zero-order chi connectivity index (χ0) is 23.9. The fraction of sp³-hybridized carbons (Fsp3) is 0.417. The van der Waals surface area contributed by atoms with Gasteiger partial charge in [-0.1, -0.05) is 6.07 Å². The van der Waals surface area contributed by atoms with Gasteiger partial charge in [-0.15, -0.1) is 0 Å². The molecular weight excluding hydrogens is 438 g/mol. The first-order chi connectivity index (χ1) is 15.6. The molecule has 2 heterocycles. The van der Waals surface area contributed by atoms with E-state index in [0.29, 0.717) is 43.2 Å². The summed E-state index contributed by atoms with van der Waals surface area (Å²) in [4.78, 5) is 21.2. The first kappa shape index (κ1) is 23.4. The number of benzene rings is 2. The van der Waals surface area contributed by atoms with E-state index in [1.165, 1.54) is 0 Å². The minimum absolute atomic E-state index is 0.0507. The summed E-state index contributed by atoms with van der Waals surface area (Å²) in [7, 11) is 1.94. The van der Waals surface area contributed by atoms with Crippen LogP contribution in [0.5, 0.6) is 0 Å². The molecular formula is C24H31N5O3S. The van der Waals surface area contributed by atoms with Crippen LogP contribution in [0.2, 0.25) is 0 Å². The predicted octanol–water partition coefficient (Wildman–Crippen LogP) is 2.40. The molecule has 4 rings (SSSR count). The van der Waals surface area contributed by atoms with Crippen molar-refractivity contribution in [2.24, 2.45) is 7.05 Å². The van der Waals surface area contributed by atoms with E-state index < -0.39 is 10.0 Å². The molecule has 1 aliphatic rings. The monoisotopic (exact) mass is 469 g/mol. The molecule has 0 N–H and O–H groups in total. The number of imidazole rings is 1. The molecule has 0 unspecified atom stereocenters. The molecule has 0 spiro atoms. The molecule has 0 radical (unpaired) electrons. The van der Waals surface area contributed by atoms with Crippen LogP contribution in [0, 0.1) is 13.8 Å². The topological polar surface area (TPSA) is 78.8 Å². The van der Waals surface area contributed by atoms with E-state index in [1.807, 2.05) is 49.7 Å². The smallest absolute Gasteiger partial charge is 0.253 e. The Kier molecular flexibility index (Phi) is 6.30. The van der Waals surface area contributed by atoms with E-state index in [0.717, 1.165) is 28.0 Å². The number of carbonyl (C=O) groups excluding carboxylic acids is 1. The lowest BCUT2D eigenvalue weighted by Gasteiger charge is -2.33. The molecule has 0 bridgehead atoms. The van der Waals surface area contributed by atoms with E-state index >= 15 is 0 Å². The lowest BCUT2D eigenvalue weighted by atomic mass is 10.1. The number of piperazine rings is 1. The third kappa shape index (κ3) is 4.53. The van der Waals surface area contributed by atoms with Gasteiger partial charge in [0.25, 0.3) is 5.91 Å². The van der Waals surface area contributed by atoms with E-state index in [1.54, 1.807) is 35.4 Å². The minimum atomic E-state index is -3.50. The normalized spacial score (nSPS) is 15.8. The molecule has 1 aliphatic heterocycles. The molecule has 8 nitrogen and oxygen atoms in total. The Morgan fingerprint density at radius 2 is 1.70 bits per heavy atom. The van der Waals surface area contributed by atoms with Crippen molar-refractivity contribution in [1.82, 2.24) is 23.7 Å². The number of nitrogens with zero attached hydrogens (tertiary/aromatic N) is 5. The van der Waals surface area contributed by atoms with Gasteiger partial charge in [-0.05, 0) is 55.3 Å². The van der Waals surface area contributed by atoms with Gasteiger partial charge in [0.05, 0.1) is 22.5 Å². The summed E-state index contributed by atoms with van der Waals surface area (Å²) in [6, 6.07) is 10.9. The summed E-state index contributed by atoms with van der Waals surface area (Å²) in [6.07, 6.45) is 0. The van der Waals surface area contributed by atoms with E-state index in [2.05, 4.69) is 4.90 Å². The van der Waals surface area contributed by atoms with Crippen molar-refractivity contribution in [3.05, 3.63) is 58.9 Å². The first-order valence-electron chi connectivity index (χ1n) is 11.0. The fourth-order valence-electron chi connectivity index (χ4n) is 4.13. The van der Waals surface area contributed by atoms with Crippen LogP contribution >= 0.6 is 0 Å². The number of rotatable bonds is 5. The Labute approximate surface area is 195 Å². The molecule has 0 saturated carbocycles. The average Bonchev–Trinajstić information content (AvgIpc) is 3.09. The molecule has 176 valence electrons. The number of aryl methyl sites for hydroxylation is 3. The second kappa shape index (κ2) is 8.89. The zero-order valence-corrected chi connectivity index (χ0v) is 20.7. The number of carbonyl (C=O) groups is 1. The Balaban J connectivity index is 1.46. The van der Waals surface area contributed by atoms with Gasteiger partial charge in [-0.25, -0.2) is 13.4 Å². The van der Waals surface area contributed by atoms with Crippen LogP contribution in [0.4, 0.5) is 0 Å². The number of hydrogen-bond donors (Lipinski definition) is 0. The highest BCUT2D eigenvalue weighted by atomic mass is 32.2. The minimum Gasteiger partial charge on any atom is -0.345 e. The summed E-state index contributed by atoms with van der Waals surface area (Å²) < 4.78 is 29.8. The Hall–Kier alpha value is -2.75. The van der Waals surface area contributed by atoms with Gasteiger partial charge in [0.1, 0.15) is 5.82 Å². The number of hydrogen-bond acceptors (Lipinski definition) is 5. The van der Waals surface area contributed by atoms with Crippen LogP contribution in [-0.4, -0.2) is 78.3 Å². The van der Waals surface area contributed by atoms with Crippen molar-refractivity contribution in [2.75, 3.05) is 40.3 Å². The summed E-state index contributed by atoms with van der Waals surface area (Å²) in [5.41, 5.74) is 4.43. The highest BCUT2D eigenvalue weighted by Crippen LogP contribution is 2.22. The van der Waals surface area contributed by atoms with E-state index in [-0.39, 0.29) is 5.91 Å². The van der Waals surface area contributed by atoms with Crippen LogP contribution in [-0.2, 0) is 23.6 Å². The molecule has 1 saturated heterocycles. The maximum Gasteiger partial charge on any atom is 0.253 e. The zero-order valence-electron chi connectivity index (χ0n) is 19.9. The maximum atomic E-state index is 13.1. The molecule has 1 amide bonds. The van der Waals surface area contributed by atoms with Gasteiger partial charge in [0.15, 0.2) is 0 Å². The van der Waals surface area contributed by atoms with E-state index in [4.69, 9.17) is 4.98 Å². The molecule has 1 fully saturated rings. The lowest BCUT2D eigenvalue weighted by Crippen LogP contribution is -2.48. The molecule has 3 aromatic rings. The van der Waals surface area contributed by atoms with Crippen molar-refractivity contribution >= 4 is 27.0 Å². The molecule has 0 aliphatic carbocycles. The van der Waals surface area contributed by atoms with Crippen molar-refractivity contribution < 1.29 is 13.2 Å². The molecule has 9 heteroatoms. The number of sulfonamides is 1. The second-order valence-electron chi connectivity index (χ2n) is 8.92. The quantitative estimate of drug-likeness (QED) is 0.573. The number of amides is 1.